The second-order valence-electron chi connectivity index (χ2n) is 2.48. The van der Waals surface area contributed by atoms with E-state index >= 15 is 0 Å². The molecule has 4 heteroatoms. The molecule has 0 radical (unpaired) electrons. The van der Waals surface area contributed by atoms with Crippen LogP contribution in [-0.2, 0) is 4.74 Å². The number of ether oxygens (including phenoxy) is 1. The summed E-state index contributed by atoms with van der Waals surface area (Å²) in [5.41, 5.74) is 5.95. The Morgan fingerprint density at radius 3 is 2.56 bits per heavy atom. The van der Waals surface area contributed by atoms with Crippen LogP contribution in [0.5, 0.6) is 0 Å². The predicted molar refractivity (Wildman–Crippen MR) is 32.7 cm³/mol. The van der Waals surface area contributed by atoms with Gasteiger partial charge in [0, 0.05) is 6.54 Å². The van der Waals surface area contributed by atoms with Crippen molar-refractivity contribution in [3.63, 3.8) is 0 Å². The quantitative estimate of drug-likeness (QED) is 0.369. The zero-order valence-corrected chi connectivity index (χ0v) is 5.24. The topological polar surface area (TPSA) is 45.3 Å². The molecule has 2 heterocycles. The first kappa shape index (κ1) is 5.61. The normalized spacial score (nSPS) is 32.0. The first-order valence-electron chi connectivity index (χ1n) is 3.26. The van der Waals surface area contributed by atoms with Crippen LogP contribution < -0.4 is 16.2 Å². The third-order valence-corrected chi connectivity index (χ3v) is 1.80. The van der Waals surface area contributed by atoms with Gasteiger partial charge in [-0.2, -0.15) is 0 Å². The zero-order valence-electron chi connectivity index (χ0n) is 5.24. The third kappa shape index (κ3) is 0.840. The molecule has 2 aliphatic heterocycles. The largest absolute Gasteiger partial charge is 0.356 e. The van der Waals surface area contributed by atoms with Crippen LogP contribution in [0, 0.1) is 0 Å². The lowest BCUT2D eigenvalue weighted by Gasteiger charge is -2.19. The summed E-state index contributed by atoms with van der Waals surface area (Å²) in [6.45, 7) is 3.55. The van der Waals surface area contributed by atoms with Gasteiger partial charge in [-0.25, -0.2) is 0 Å². The minimum absolute atomic E-state index is 0.0833. The highest BCUT2D eigenvalue weighted by Gasteiger charge is 2.37. The van der Waals surface area contributed by atoms with E-state index in [1.807, 2.05) is 0 Å². The summed E-state index contributed by atoms with van der Waals surface area (Å²) in [5.74, 6) is 0. The van der Waals surface area contributed by atoms with Crippen LogP contribution in [0.3, 0.4) is 0 Å². The van der Waals surface area contributed by atoms with Crippen molar-refractivity contribution in [1.29, 1.82) is 0 Å². The van der Waals surface area contributed by atoms with Crippen molar-refractivity contribution in [2.45, 2.75) is 5.72 Å². The van der Waals surface area contributed by atoms with Gasteiger partial charge >= 0.3 is 0 Å². The van der Waals surface area contributed by atoms with E-state index in [-0.39, 0.29) is 5.72 Å². The Hall–Kier alpha value is -0.160. The highest BCUT2D eigenvalue weighted by Crippen LogP contribution is 2.12. The average molecular weight is 129 g/mol. The summed E-state index contributed by atoms with van der Waals surface area (Å²) < 4.78 is 5.47. The Bertz CT molecular complexity index is 87.3. The molecule has 0 aromatic carbocycles. The molecule has 1 spiro atoms. The molecular formula is C5H11N3O. The first-order valence-corrected chi connectivity index (χ1v) is 3.26. The predicted octanol–water partition coefficient (Wildman–Crippen LogP) is -1.59. The van der Waals surface area contributed by atoms with Gasteiger partial charge in [-0.1, -0.05) is 0 Å². The molecule has 0 atom stereocenters. The molecule has 0 unspecified atom stereocenters. The van der Waals surface area contributed by atoms with E-state index in [0.717, 1.165) is 26.2 Å². The number of hydrazine groups is 1. The van der Waals surface area contributed by atoms with Crippen molar-refractivity contribution in [3.8, 4) is 0 Å². The van der Waals surface area contributed by atoms with Crippen LogP contribution in [0.4, 0.5) is 0 Å². The molecule has 2 aliphatic rings. The maximum absolute atomic E-state index is 5.47. The molecule has 2 saturated heterocycles. The van der Waals surface area contributed by atoms with Crippen LogP contribution in [-0.4, -0.2) is 32.0 Å². The molecule has 0 amide bonds. The first-order chi connectivity index (χ1) is 4.41. The smallest absolute Gasteiger partial charge is 0.147 e. The average Bonchev–Trinajstić information content (AvgIpc) is 2.45. The van der Waals surface area contributed by atoms with Crippen LogP contribution in [0.1, 0.15) is 0 Å². The Morgan fingerprint density at radius 2 is 2.00 bits per heavy atom. The number of rotatable bonds is 0. The molecule has 4 nitrogen and oxygen atoms in total. The van der Waals surface area contributed by atoms with Gasteiger partial charge in [0.15, 0.2) is 0 Å². The summed E-state index contributed by atoms with van der Waals surface area (Å²) in [6.07, 6.45) is 0. The number of hydrogen-bond donors (Lipinski definition) is 3. The highest BCUT2D eigenvalue weighted by atomic mass is 16.5. The molecule has 3 N–H and O–H groups in total. The molecule has 0 aromatic heterocycles. The molecule has 52 valence electrons. The minimum atomic E-state index is -0.0833. The molecule has 9 heavy (non-hydrogen) atoms. The van der Waals surface area contributed by atoms with E-state index < -0.39 is 0 Å². The van der Waals surface area contributed by atoms with Crippen LogP contribution in [0.25, 0.3) is 0 Å². The van der Waals surface area contributed by atoms with E-state index in [9.17, 15) is 0 Å². The molecular weight excluding hydrogens is 118 g/mol. The third-order valence-electron chi connectivity index (χ3n) is 1.80. The maximum Gasteiger partial charge on any atom is 0.147 e. The zero-order chi connectivity index (χ0) is 6.16. The van der Waals surface area contributed by atoms with Crippen molar-refractivity contribution in [1.82, 2.24) is 16.2 Å². The summed E-state index contributed by atoms with van der Waals surface area (Å²) in [5, 5.41) is 3.28. The van der Waals surface area contributed by atoms with Crippen molar-refractivity contribution in [2.24, 2.45) is 0 Å². The van der Waals surface area contributed by atoms with E-state index in [0.29, 0.717) is 0 Å². The fourth-order valence-corrected chi connectivity index (χ4v) is 1.28. The molecule has 0 bridgehead atoms. The molecule has 2 fully saturated rings. The summed E-state index contributed by atoms with van der Waals surface area (Å²) in [7, 11) is 0. The van der Waals surface area contributed by atoms with Crippen molar-refractivity contribution >= 4 is 0 Å². The van der Waals surface area contributed by atoms with Gasteiger partial charge < -0.3 is 4.74 Å². The fourth-order valence-electron chi connectivity index (χ4n) is 1.28. The van der Waals surface area contributed by atoms with Crippen LogP contribution >= 0.6 is 0 Å². The Kier molecular flexibility index (Phi) is 1.19. The van der Waals surface area contributed by atoms with E-state index in [2.05, 4.69) is 16.2 Å². The van der Waals surface area contributed by atoms with Crippen LogP contribution in [0.15, 0.2) is 0 Å². The minimum Gasteiger partial charge on any atom is -0.356 e. The van der Waals surface area contributed by atoms with Gasteiger partial charge in [-0.3, -0.25) is 16.2 Å². The van der Waals surface area contributed by atoms with E-state index in [1.54, 1.807) is 0 Å². The van der Waals surface area contributed by atoms with Crippen molar-refractivity contribution in [2.75, 3.05) is 26.2 Å². The standard InChI is InChI=1S/C5H11N3O/c1-2-9-5(6-1)3-7-8-4-5/h6-8H,1-4H2. The highest BCUT2D eigenvalue weighted by molar-refractivity contribution is 4.90. The summed E-state index contributed by atoms with van der Waals surface area (Å²) >= 11 is 0. The summed E-state index contributed by atoms with van der Waals surface area (Å²) in [4.78, 5) is 0. The van der Waals surface area contributed by atoms with Gasteiger partial charge in [-0.15, -0.1) is 0 Å². The lowest BCUT2D eigenvalue weighted by molar-refractivity contribution is 0.0176. The second kappa shape index (κ2) is 1.91. The maximum atomic E-state index is 5.47. The fraction of sp³-hybridized carbons (Fsp3) is 1.00. The molecule has 2 rings (SSSR count). The van der Waals surface area contributed by atoms with E-state index in [1.165, 1.54) is 0 Å². The van der Waals surface area contributed by atoms with Crippen molar-refractivity contribution in [3.05, 3.63) is 0 Å². The van der Waals surface area contributed by atoms with Crippen molar-refractivity contribution < 1.29 is 4.74 Å². The Morgan fingerprint density at radius 1 is 1.22 bits per heavy atom. The molecule has 0 aliphatic carbocycles. The Labute approximate surface area is 53.9 Å². The Balaban J connectivity index is 2.04. The SMILES string of the molecule is C1COC2(CNNC2)N1. The number of hydrogen-bond acceptors (Lipinski definition) is 4. The lowest BCUT2D eigenvalue weighted by Crippen LogP contribution is -2.45. The van der Waals surface area contributed by atoms with Gasteiger partial charge in [0.25, 0.3) is 0 Å². The van der Waals surface area contributed by atoms with Gasteiger partial charge in [0.2, 0.25) is 0 Å². The lowest BCUT2D eigenvalue weighted by atomic mass is 10.2. The van der Waals surface area contributed by atoms with Crippen LogP contribution in [0.2, 0.25) is 0 Å². The van der Waals surface area contributed by atoms with Gasteiger partial charge in [-0.05, 0) is 0 Å². The second-order valence-corrected chi connectivity index (χ2v) is 2.48. The van der Waals surface area contributed by atoms with Gasteiger partial charge in [0.1, 0.15) is 5.72 Å². The number of nitrogens with one attached hydrogen (secondary N) is 3. The summed E-state index contributed by atoms with van der Waals surface area (Å²) in [6, 6.07) is 0. The van der Waals surface area contributed by atoms with E-state index in [4.69, 9.17) is 4.74 Å². The molecule has 0 aromatic rings. The monoisotopic (exact) mass is 129 g/mol. The van der Waals surface area contributed by atoms with Gasteiger partial charge in [0.05, 0.1) is 19.7 Å². The molecule has 0 saturated carbocycles.